The van der Waals surface area contributed by atoms with Gasteiger partial charge in [-0.2, -0.15) is 0 Å². The number of likely N-dealkylation sites (tertiary alicyclic amines) is 1. The molecule has 0 aromatic carbocycles. The molecule has 0 amide bonds. The van der Waals surface area contributed by atoms with E-state index in [-0.39, 0.29) is 0 Å². The molecule has 75 heavy (non-hydrogen) atoms. The van der Waals surface area contributed by atoms with E-state index in [9.17, 15) is 0 Å². The first kappa shape index (κ1) is 56.8. The minimum atomic E-state index is 0.462. The zero-order valence-electron chi connectivity index (χ0n) is 50.8. The molecule has 2 heteroatoms. The molecule has 20 unspecified atom stereocenters. The summed E-state index contributed by atoms with van der Waals surface area (Å²) in [5.74, 6) is 19.2. The van der Waals surface area contributed by atoms with E-state index in [1.54, 1.807) is 154 Å². The van der Waals surface area contributed by atoms with E-state index in [2.05, 4.69) is 32.6 Å². The lowest BCUT2D eigenvalue weighted by Crippen LogP contribution is -2.51. The maximum absolute atomic E-state index is 7.40. The van der Waals surface area contributed by atoms with Gasteiger partial charge in [-0.15, -0.1) is 0 Å². The van der Waals surface area contributed by atoms with E-state index in [4.69, 9.17) is 5.73 Å². The van der Waals surface area contributed by atoms with Crippen LogP contribution in [-0.4, -0.2) is 29.6 Å². The van der Waals surface area contributed by atoms with Crippen molar-refractivity contribution in [1.82, 2.24) is 4.90 Å². The van der Waals surface area contributed by atoms with E-state index in [1.165, 1.54) is 141 Å². The largest absolute Gasteiger partial charge is 0.327 e. The van der Waals surface area contributed by atoms with E-state index < -0.39 is 0 Å². The van der Waals surface area contributed by atoms with E-state index >= 15 is 0 Å². The Bertz CT molecular complexity index is 1670. The van der Waals surface area contributed by atoms with Crippen molar-refractivity contribution in [3.63, 3.8) is 0 Å². The smallest absolute Gasteiger partial charge is 0.0129 e. The molecule has 11 rings (SSSR count). The summed E-state index contributed by atoms with van der Waals surface area (Å²) in [6.07, 6.45) is 69.1. The quantitative estimate of drug-likeness (QED) is 0.123. The average Bonchev–Trinajstić information content (AvgIpc) is 4.41. The van der Waals surface area contributed by atoms with Gasteiger partial charge < -0.3 is 5.73 Å². The number of nitrogens with zero attached hydrogens (tertiary/aromatic N) is 1. The van der Waals surface area contributed by atoms with Crippen LogP contribution in [0.2, 0.25) is 0 Å². The van der Waals surface area contributed by atoms with Gasteiger partial charge in [0.15, 0.2) is 0 Å². The summed E-state index contributed by atoms with van der Waals surface area (Å²) in [4.78, 5) is 3.29. The van der Waals surface area contributed by atoms with Gasteiger partial charge in [0.1, 0.15) is 0 Å². The highest BCUT2D eigenvalue weighted by Crippen LogP contribution is 2.73. The second-order valence-electron chi connectivity index (χ2n) is 31.5. The van der Waals surface area contributed by atoms with Gasteiger partial charge >= 0.3 is 0 Å². The summed E-state index contributed by atoms with van der Waals surface area (Å²) in [7, 11) is 0. The molecule has 11 fully saturated rings. The summed E-state index contributed by atoms with van der Waals surface area (Å²) < 4.78 is 0. The van der Waals surface area contributed by atoms with Gasteiger partial charge in [0.2, 0.25) is 0 Å². The normalized spacial score (nSPS) is 45.4. The molecule has 20 atom stereocenters. The fourth-order valence-electron chi connectivity index (χ4n) is 25.3. The molecular formula is C73H128N2. The second-order valence-corrected chi connectivity index (χ2v) is 31.5. The molecule has 0 radical (unpaired) electrons. The van der Waals surface area contributed by atoms with E-state index in [0.717, 1.165) is 130 Å². The highest BCUT2D eigenvalue weighted by atomic mass is 15.2. The molecule has 10 aliphatic carbocycles. The van der Waals surface area contributed by atoms with E-state index in [0.29, 0.717) is 6.04 Å². The molecule has 1 saturated heterocycles. The Morgan fingerprint density at radius 1 is 0.453 bits per heavy atom. The van der Waals surface area contributed by atoms with Gasteiger partial charge in [-0.1, -0.05) is 175 Å². The molecule has 2 N–H and O–H groups in total. The Balaban J connectivity index is 0.764. The summed E-state index contributed by atoms with van der Waals surface area (Å²) in [6, 6.07) is 2.20. The van der Waals surface area contributed by atoms with Crippen LogP contribution in [0.25, 0.3) is 0 Å². The van der Waals surface area contributed by atoms with Crippen molar-refractivity contribution >= 4 is 0 Å². The fourth-order valence-corrected chi connectivity index (χ4v) is 25.3. The third kappa shape index (κ3) is 12.2. The molecule has 10 saturated carbocycles. The monoisotopic (exact) mass is 1030 g/mol. The SMILES string of the molecule is CCCCCCC(CC(C1CCN(C2CCCC(C(CC)CCCC)C2)C2CCCC2C(C)C1)C1CCCC1N)C1CCCC(C2CCC(C3CCCC(C4(C5CCCC5)C5CCCCC5C5CCCC54)C3)CC2)C1. The first-order valence-corrected chi connectivity index (χ1v) is 36.4. The van der Waals surface area contributed by atoms with Crippen molar-refractivity contribution in [2.75, 3.05) is 6.54 Å². The Hall–Kier alpha value is -0.0800. The molecule has 2 nitrogen and oxygen atoms in total. The molecule has 1 heterocycles. The third-order valence-corrected chi connectivity index (χ3v) is 28.5. The van der Waals surface area contributed by atoms with Crippen LogP contribution in [-0.2, 0) is 0 Å². The van der Waals surface area contributed by atoms with Crippen LogP contribution in [0.15, 0.2) is 0 Å². The fraction of sp³-hybridized carbons (Fsp3) is 1.00. The van der Waals surface area contributed by atoms with Crippen LogP contribution in [0, 0.1) is 118 Å². The van der Waals surface area contributed by atoms with Crippen LogP contribution in [0.3, 0.4) is 0 Å². The first-order valence-electron chi connectivity index (χ1n) is 36.4. The molecule has 430 valence electrons. The zero-order valence-corrected chi connectivity index (χ0v) is 50.8. The summed E-state index contributed by atoms with van der Waals surface area (Å²) in [6.45, 7) is 11.6. The van der Waals surface area contributed by atoms with Crippen LogP contribution >= 0.6 is 0 Å². The minimum absolute atomic E-state index is 0.462. The molecule has 0 spiro atoms. The van der Waals surface area contributed by atoms with Gasteiger partial charge in [0, 0.05) is 18.1 Å². The van der Waals surface area contributed by atoms with Gasteiger partial charge in [-0.05, 0) is 266 Å². The number of rotatable bonds is 20. The van der Waals surface area contributed by atoms with E-state index in [1.807, 2.05) is 0 Å². The van der Waals surface area contributed by atoms with Crippen molar-refractivity contribution in [2.45, 2.75) is 335 Å². The molecular weight excluding hydrogens is 905 g/mol. The first-order chi connectivity index (χ1) is 36.9. The summed E-state index contributed by atoms with van der Waals surface area (Å²) in [5.41, 5.74) is 8.17. The third-order valence-electron chi connectivity index (χ3n) is 28.5. The highest BCUT2D eigenvalue weighted by Gasteiger charge is 2.66. The number of unbranched alkanes of at least 4 members (excludes halogenated alkanes) is 4. The molecule has 0 aromatic rings. The van der Waals surface area contributed by atoms with Crippen molar-refractivity contribution in [1.29, 1.82) is 0 Å². The number of nitrogens with two attached hydrogens (primary N) is 1. The van der Waals surface area contributed by atoms with Crippen LogP contribution in [0.5, 0.6) is 0 Å². The average molecular weight is 1030 g/mol. The van der Waals surface area contributed by atoms with Crippen molar-refractivity contribution in [3.8, 4) is 0 Å². The lowest BCUT2D eigenvalue weighted by molar-refractivity contribution is -0.0674. The maximum atomic E-state index is 7.40. The predicted molar refractivity (Wildman–Crippen MR) is 321 cm³/mol. The molecule has 1 aliphatic heterocycles. The van der Waals surface area contributed by atoms with Gasteiger partial charge in [-0.25, -0.2) is 0 Å². The Labute approximate surface area is 467 Å². The van der Waals surface area contributed by atoms with Crippen molar-refractivity contribution < 1.29 is 0 Å². The standard InChI is InChI=1S/C73H128N2/c1-5-8-10-11-23-59(50-68(67-35-20-38-71(67)74)60-44-45-75(72-39-21-33-64(72)51(4)46-60)63-31-18-27-58(49-63)52(7-3)22-9-6-2)56-25-16-24-55(47-56)53-40-42-54(43-41-53)57-26-17-30-62(48-57)73(61-28-12-13-29-61)69-36-15-14-32-65(69)66-34-19-37-70(66)73/h51-72H,5-50,74H2,1-4H3. The Morgan fingerprint density at radius 2 is 1.05 bits per heavy atom. The van der Waals surface area contributed by atoms with Crippen molar-refractivity contribution in [2.24, 2.45) is 124 Å². The topological polar surface area (TPSA) is 29.3 Å². The molecule has 0 aromatic heterocycles. The predicted octanol–water partition coefficient (Wildman–Crippen LogP) is 20.8. The van der Waals surface area contributed by atoms with Gasteiger partial charge in [0.25, 0.3) is 0 Å². The van der Waals surface area contributed by atoms with Crippen LogP contribution < -0.4 is 5.73 Å². The highest BCUT2D eigenvalue weighted by molar-refractivity contribution is 5.15. The minimum Gasteiger partial charge on any atom is -0.327 e. The van der Waals surface area contributed by atoms with Gasteiger partial charge in [0.05, 0.1) is 0 Å². The van der Waals surface area contributed by atoms with Crippen molar-refractivity contribution in [3.05, 3.63) is 0 Å². The van der Waals surface area contributed by atoms with Crippen LogP contribution in [0.4, 0.5) is 0 Å². The lowest BCUT2D eigenvalue weighted by Gasteiger charge is -2.55. The van der Waals surface area contributed by atoms with Crippen LogP contribution in [0.1, 0.15) is 317 Å². The number of hydrogen-bond acceptors (Lipinski definition) is 2. The zero-order chi connectivity index (χ0) is 51.3. The number of hydrogen-bond donors (Lipinski definition) is 1. The Morgan fingerprint density at radius 3 is 1.79 bits per heavy atom. The maximum Gasteiger partial charge on any atom is 0.0129 e. The molecule has 11 aliphatic rings. The summed E-state index contributed by atoms with van der Waals surface area (Å²) >= 11 is 0. The lowest BCUT2D eigenvalue weighted by atomic mass is 9.49. The number of fused-ring (bicyclic) bond motifs is 4. The second kappa shape index (κ2) is 26.9. The van der Waals surface area contributed by atoms with Gasteiger partial charge in [-0.3, -0.25) is 4.90 Å². The molecule has 0 bridgehead atoms. The summed E-state index contributed by atoms with van der Waals surface area (Å²) in [5, 5.41) is 0. The Kier molecular flexibility index (Phi) is 20.3.